The van der Waals surface area contributed by atoms with Gasteiger partial charge in [-0.15, -0.1) is 0 Å². The fraction of sp³-hybridized carbons (Fsp3) is 0.176. The van der Waals surface area contributed by atoms with Crippen molar-refractivity contribution in [1.82, 2.24) is 4.98 Å². The summed E-state index contributed by atoms with van der Waals surface area (Å²) in [6, 6.07) is 11.3. The van der Waals surface area contributed by atoms with Crippen molar-refractivity contribution in [2.75, 3.05) is 11.9 Å². The lowest BCUT2D eigenvalue weighted by atomic mass is 10.1. The fourth-order valence-corrected chi connectivity index (χ4v) is 3.15. The van der Waals surface area contributed by atoms with Crippen LogP contribution in [0.2, 0.25) is 0 Å². The van der Waals surface area contributed by atoms with Gasteiger partial charge in [0, 0.05) is 0 Å². The van der Waals surface area contributed by atoms with Crippen LogP contribution in [0.5, 0.6) is 5.75 Å². The van der Waals surface area contributed by atoms with E-state index in [2.05, 4.69) is 10.3 Å². The van der Waals surface area contributed by atoms with Crippen LogP contribution in [-0.4, -0.2) is 22.7 Å². The predicted octanol–water partition coefficient (Wildman–Crippen LogP) is 4.23. The third-order valence-corrected chi connectivity index (χ3v) is 4.42. The number of ether oxygens (including phenoxy) is 1. The van der Waals surface area contributed by atoms with Gasteiger partial charge in [0.25, 0.3) is 0 Å². The third kappa shape index (κ3) is 3.12. The summed E-state index contributed by atoms with van der Waals surface area (Å²) in [7, 11) is 0. The highest BCUT2D eigenvalue weighted by Gasteiger charge is 2.17. The SMILES string of the molecule is CCOC(=O)c1sc(Nc2cc3ccccc3cc2O)nc1C. The molecule has 0 aliphatic heterocycles. The second-order valence-corrected chi connectivity index (χ2v) is 5.99. The summed E-state index contributed by atoms with van der Waals surface area (Å²) in [6.45, 7) is 3.85. The summed E-state index contributed by atoms with van der Waals surface area (Å²) in [5.74, 6) is -0.243. The number of esters is 1. The van der Waals surface area contributed by atoms with Gasteiger partial charge in [0.1, 0.15) is 10.6 Å². The number of hydrogen-bond acceptors (Lipinski definition) is 6. The molecular formula is C17H16N2O3S. The van der Waals surface area contributed by atoms with Gasteiger partial charge in [0.15, 0.2) is 5.13 Å². The number of hydrogen-bond donors (Lipinski definition) is 2. The molecule has 0 aliphatic carbocycles. The molecule has 0 bridgehead atoms. The van der Waals surface area contributed by atoms with Crippen LogP contribution in [0.4, 0.5) is 10.8 Å². The van der Waals surface area contributed by atoms with Crippen molar-refractivity contribution in [3.05, 3.63) is 47.0 Å². The van der Waals surface area contributed by atoms with Gasteiger partial charge in [-0.3, -0.25) is 0 Å². The van der Waals surface area contributed by atoms with Gasteiger partial charge in [0.2, 0.25) is 0 Å². The van der Waals surface area contributed by atoms with E-state index in [1.807, 2.05) is 30.3 Å². The molecule has 0 saturated carbocycles. The number of phenolic OH excluding ortho intramolecular Hbond substituents is 1. The molecule has 0 aliphatic rings. The maximum Gasteiger partial charge on any atom is 0.350 e. The van der Waals surface area contributed by atoms with Crippen LogP contribution >= 0.6 is 11.3 Å². The lowest BCUT2D eigenvalue weighted by Gasteiger charge is -2.07. The topological polar surface area (TPSA) is 71.5 Å². The number of fused-ring (bicyclic) bond motifs is 1. The van der Waals surface area contributed by atoms with Crippen molar-refractivity contribution in [3.63, 3.8) is 0 Å². The number of carbonyl (C=O) groups excluding carboxylic acids is 1. The van der Waals surface area contributed by atoms with E-state index in [9.17, 15) is 9.90 Å². The molecule has 5 nitrogen and oxygen atoms in total. The van der Waals surface area contributed by atoms with Crippen molar-refractivity contribution in [3.8, 4) is 5.75 Å². The smallest absolute Gasteiger partial charge is 0.350 e. The van der Waals surface area contributed by atoms with E-state index in [-0.39, 0.29) is 11.7 Å². The fourth-order valence-electron chi connectivity index (χ4n) is 2.28. The number of carbonyl (C=O) groups is 1. The van der Waals surface area contributed by atoms with Crippen molar-refractivity contribution in [2.45, 2.75) is 13.8 Å². The Hall–Kier alpha value is -2.60. The second kappa shape index (κ2) is 6.26. The van der Waals surface area contributed by atoms with E-state index in [0.717, 1.165) is 10.8 Å². The molecule has 1 aromatic heterocycles. The Kier molecular flexibility index (Phi) is 4.16. The first-order valence-electron chi connectivity index (χ1n) is 7.22. The summed E-state index contributed by atoms with van der Waals surface area (Å²) in [4.78, 5) is 16.6. The molecule has 0 radical (unpaired) electrons. The summed E-state index contributed by atoms with van der Waals surface area (Å²) < 4.78 is 5.01. The Bertz CT molecular complexity index is 873. The number of anilines is 2. The van der Waals surface area contributed by atoms with Gasteiger partial charge in [-0.25, -0.2) is 9.78 Å². The zero-order chi connectivity index (χ0) is 16.4. The van der Waals surface area contributed by atoms with Gasteiger partial charge >= 0.3 is 5.97 Å². The van der Waals surface area contributed by atoms with E-state index < -0.39 is 0 Å². The zero-order valence-corrected chi connectivity index (χ0v) is 13.6. The van der Waals surface area contributed by atoms with Crippen molar-refractivity contribution in [1.29, 1.82) is 0 Å². The minimum atomic E-state index is -0.377. The molecule has 3 rings (SSSR count). The Morgan fingerprint density at radius 1 is 1.30 bits per heavy atom. The highest BCUT2D eigenvalue weighted by Crippen LogP contribution is 2.33. The zero-order valence-electron chi connectivity index (χ0n) is 12.8. The quantitative estimate of drug-likeness (QED) is 0.554. The van der Waals surface area contributed by atoms with Crippen LogP contribution in [-0.2, 0) is 4.74 Å². The van der Waals surface area contributed by atoms with E-state index >= 15 is 0 Å². The van der Waals surface area contributed by atoms with E-state index in [4.69, 9.17) is 4.74 Å². The molecule has 0 spiro atoms. The highest BCUT2D eigenvalue weighted by molar-refractivity contribution is 7.17. The molecule has 0 atom stereocenters. The Morgan fingerprint density at radius 2 is 2.00 bits per heavy atom. The average Bonchev–Trinajstić information content (AvgIpc) is 2.89. The maximum atomic E-state index is 11.8. The first-order valence-corrected chi connectivity index (χ1v) is 8.03. The molecule has 0 fully saturated rings. The first-order chi connectivity index (χ1) is 11.1. The molecule has 0 amide bonds. The van der Waals surface area contributed by atoms with Gasteiger partial charge in [-0.05, 0) is 36.8 Å². The lowest BCUT2D eigenvalue weighted by molar-refractivity contribution is 0.0531. The molecule has 2 N–H and O–H groups in total. The Morgan fingerprint density at radius 3 is 2.70 bits per heavy atom. The number of phenols is 1. The molecule has 2 aromatic carbocycles. The van der Waals surface area contributed by atoms with Crippen LogP contribution in [0.15, 0.2) is 36.4 Å². The van der Waals surface area contributed by atoms with Crippen LogP contribution in [0.1, 0.15) is 22.3 Å². The number of aryl methyl sites for hydroxylation is 1. The monoisotopic (exact) mass is 328 g/mol. The number of aromatic nitrogens is 1. The van der Waals surface area contributed by atoms with Crippen molar-refractivity contribution in [2.24, 2.45) is 0 Å². The summed E-state index contributed by atoms with van der Waals surface area (Å²) in [5, 5.41) is 15.7. The van der Waals surface area contributed by atoms with Crippen LogP contribution in [0.25, 0.3) is 10.8 Å². The third-order valence-electron chi connectivity index (χ3n) is 3.36. The molecule has 6 heteroatoms. The molecule has 0 unspecified atom stereocenters. The Balaban J connectivity index is 1.91. The van der Waals surface area contributed by atoms with Gasteiger partial charge in [-0.2, -0.15) is 0 Å². The van der Waals surface area contributed by atoms with E-state index in [1.54, 1.807) is 19.9 Å². The minimum absolute atomic E-state index is 0.134. The lowest BCUT2D eigenvalue weighted by Crippen LogP contribution is -2.03. The molecular weight excluding hydrogens is 312 g/mol. The largest absolute Gasteiger partial charge is 0.506 e. The number of rotatable bonds is 4. The van der Waals surface area contributed by atoms with Crippen molar-refractivity contribution < 1.29 is 14.6 Å². The Labute approximate surface area is 137 Å². The minimum Gasteiger partial charge on any atom is -0.506 e. The van der Waals surface area contributed by atoms with E-state index in [0.29, 0.717) is 28.0 Å². The van der Waals surface area contributed by atoms with Gasteiger partial charge < -0.3 is 15.2 Å². The maximum absolute atomic E-state index is 11.8. The summed E-state index contributed by atoms with van der Waals surface area (Å²) in [6.07, 6.45) is 0. The number of benzene rings is 2. The van der Waals surface area contributed by atoms with E-state index in [1.165, 1.54) is 11.3 Å². The van der Waals surface area contributed by atoms with Gasteiger partial charge in [-0.1, -0.05) is 35.6 Å². The molecule has 1 heterocycles. The van der Waals surface area contributed by atoms with Crippen LogP contribution < -0.4 is 5.32 Å². The molecule has 3 aromatic rings. The number of nitrogens with one attached hydrogen (secondary N) is 1. The molecule has 118 valence electrons. The summed E-state index contributed by atoms with van der Waals surface area (Å²) in [5.41, 5.74) is 1.16. The summed E-state index contributed by atoms with van der Waals surface area (Å²) >= 11 is 1.21. The number of nitrogens with zero attached hydrogens (tertiary/aromatic N) is 1. The average molecular weight is 328 g/mol. The number of aromatic hydroxyl groups is 1. The normalized spacial score (nSPS) is 10.7. The van der Waals surface area contributed by atoms with Crippen molar-refractivity contribution >= 4 is 38.9 Å². The first kappa shape index (κ1) is 15.3. The predicted molar refractivity (Wildman–Crippen MR) is 91.7 cm³/mol. The van der Waals surface area contributed by atoms with Crippen LogP contribution in [0.3, 0.4) is 0 Å². The van der Waals surface area contributed by atoms with Crippen LogP contribution in [0, 0.1) is 6.92 Å². The molecule has 23 heavy (non-hydrogen) atoms. The van der Waals surface area contributed by atoms with Gasteiger partial charge in [0.05, 0.1) is 18.0 Å². The standard InChI is InChI=1S/C17H16N2O3S/c1-3-22-16(21)15-10(2)18-17(23-15)19-13-8-11-6-4-5-7-12(11)9-14(13)20/h4-9,20H,3H2,1-2H3,(H,18,19). The molecule has 0 saturated heterocycles. The number of thiazole rings is 1. The second-order valence-electron chi connectivity index (χ2n) is 5.00. The highest BCUT2D eigenvalue weighted by atomic mass is 32.1.